The lowest BCUT2D eigenvalue weighted by Gasteiger charge is -2.08. The molecule has 0 unspecified atom stereocenters. The van der Waals surface area contributed by atoms with E-state index in [4.69, 9.17) is 9.47 Å². The number of nitrogens with zero attached hydrogens (tertiary/aromatic N) is 2. The van der Waals surface area contributed by atoms with Crippen LogP contribution in [0.2, 0.25) is 0 Å². The summed E-state index contributed by atoms with van der Waals surface area (Å²) in [5, 5.41) is 0. The topological polar surface area (TPSA) is 52.3 Å². The van der Waals surface area contributed by atoms with E-state index in [0.717, 1.165) is 15.7 Å². The van der Waals surface area contributed by atoms with Crippen LogP contribution in [0.15, 0.2) is 65.5 Å². The quantitative estimate of drug-likeness (QED) is 0.379. The zero-order chi connectivity index (χ0) is 18.5. The number of aromatic nitrogens is 2. The first-order chi connectivity index (χ1) is 12.6. The first-order valence-electron chi connectivity index (χ1n) is 7.97. The Morgan fingerprint density at radius 2 is 1.74 bits per heavy atom. The SMILES string of the molecule is Br.COc1ccc(-c2cc[n+](CC(=O)c3ccc(Br)cc3)cn2)cc1OC. The average Bonchev–Trinajstić information content (AvgIpc) is 2.68. The van der Waals surface area contributed by atoms with Crippen LogP contribution in [0.5, 0.6) is 11.5 Å². The first kappa shape index (κ1) is 21.1. The Morgan fingerprint density at radius 3 is 2.33 bits per heavy atom. The summed E-state index contributed by atoms with van der Waals surface area (Å²) >= 11 is 3.37. The van der Waals surface area contributed by atoms with Crippen molar-refractivity contribution in [3.8, 4) is 22.8 Å². The van der Waals surface area contributed by atoms with Gasteiger partial charge in [0.25, 0.3) is 6.33 Å². The molecule has 0 N–H and O–H groups in total. The van der Waals surface area contributed by atoms with E-state index in [1.165, 1.54) is 0 Å². The molecule has 0 aliphatic heterocycles. The van der Waals surface area contributed by atoms with E-state index in [1.54, 1.807) is 37.2 Å². The fraction of sp³-hybridized carbons (Fsp3) is 0.150. The summed E-state index contributed by atoms with van der Waals surface area (Å²) < 4.78 is 13.3. The van der Waals surface area contributed by atoms with Crippen molar-refractivity contribution in [3.63, 3.8) is 0 Å². The van der Waals surface area contributed by atoms with Gasteiger partial charge < -0.3 is 9.47 Å². The van der Waals surface area contributed by atoms with Crippen LogP contribution < -0.4 is 14.0 Å². The van der Waals surface area contributed by atoms with Crippen LogP contribution >= 0.6 is 32.9 Å². The largest absolute Gasteiger partial charge is 0.493 e. The summed E-state index contributed by atoms with van der Waals surface area (Å²) in [4.78, 5) is 16.8. The molecule has 5 nitrogen and oxygen atoms in total. The number of methoxy groups -OCH3 is 2. The van der Waals surface area contributed by atoms with Crippen molar-refractivity contribution in [1.82, 2.24) is 4.98 Å². The Morgan fingerprint density at radius 1 is 1.04 bits per heavy atom. The summed E-state index contributed by atoms with van der Waals surface area (Å²) in [6.45, 7) is 0.237. The van der Waals surface area contributed by atoms with Gasteiger partial charge in [0, 0.05) is 21.7 Å². The lowest BCUT2D eigenvalue weighted by molar-refractivity contribution is -0.686. The van der Waals surface area contributed by atoms with E-state index < -0.39 is 0 Å². The van der Waals surface area contributed by atoms with Gasteiger partial charge in [0.05, 0.1) is 20.4 Å². The van der Waals surface area contributed by atoms with Crippen molar-refractivity contribution in [2.75, 3.05) is 14.2 Å². The van der Waals surface area contributed by atoms with Gasteiger partial charge >= 0.3 is 0 Å². The van der Waals surface area contributed by atoms with Crippen molar-refractivity contribution in [1.29, 1.82) is 0 Å². The summed E-state index contributed by atoms with van der Waals surface area (Å²) in [6, 6.07) is 14.8. The molecule has 1 heterocycles. The van der Waals surface area contributed by atoms with Gasteiger partial charge in [-0.2, -0.15) is 0 Å². The maximum absolute atomic E-state index is 12.3. The van der Waals surface area contributed by atoms with Crippen molar-refractivity contribution < 1.29 is 18.8 Å². The third kappa shape index (κ3) is 5.14. The number of hydrogen-bond donors (Lipinski definition) is 0. The summed E-state index contributed by atoms with van der Waals surface area (Å²) in [7, 11) is 3.20. The van der Waals surface area contributed by atoms with Crippen LogP contribution in [0.25, 0.3) is 11.3 Å². The molecule has 1 aromatic heterocycles. The highest BCUT2D eigenvalue weighted by molar-refractivity contribution is 9.10. The van der Waals surface area contributed by atoms with E-state index in [0.29, 0.717) is 17.1 Å². The molecule has 0 bridgehead atoms. The van der Waals surface area contributed by atoms with E-state index in [2.05, 4.69) is 20.9 Å². The minimum atomic E-state index is 0. The molecule has 0 aliphatic rings. The van der Waals surface area contributed by atoms with Crippen molar-refractivity contribution in [2.45, 2.75) is 6.54 Å². The Kier molecular flexibility index (Phi) is 7.50. The second kappa shape index (κ2) is 9.62. The lowest BCUT2D eigenvalue weighted by Crippen LogP contribution is -2.37. The number of ketones is 1. The van der Waals surface area contributed by atoms with E-state index in [1.807, 2.05) is 42.6 Å². The Bertz CT molecular complexity index is 914. The number of benzene rings is 2. The molecular formula is C20H19Br2N2O3+. The van der Waals surface area contributed by atoms with Crippen LogP contribution in [0.3, 0.4) is 0 Å². The van der Waals surface area contributed by atoms with Crippen LogP contribution in [0.4, 0.5) is 0 Å². The molecule has 0 amide bonds. The Balaban J connectivity index is 0.00000261. The van der Waals surface area contributed by atoms with Crippen LogP contribution in [0.1, 0.15) is 10.4 Å². The van der Waals surface area contributed by atoms with E-state index in [-0.39, 0.29) is 29.3 Å². The van der Waals surface area contributed by atoms with E-state index >= 15 is 0 Å². The smallest absolute Gasteiger partial charge is 0.287 e. The standard InChI is InChI=1S/C20H18BrN2O3.BrH/c1-25-19-8-5-15(11-20(19)26-2)17-9-10-23(13-22-17)12-18(24)14-3-6-16(21)7-4-14;/h3-11,13H,12H2,1-2H3;1H/q+1;. The molecule has 3 aromatic rings. The van der Waals surface area contributed by atoms with Gasteiger partial charge in [-0.1, -0.05) is 28.1 Å². The highest BCUT2D eigenvalue weighted by Gasteiger charge is 2.13. The second-order valence-corrected chi connectivity index (χ2v) is 6.53. The van der Waals surface area contributed by atoms with Gasteiger partial charge in [0.2, 0.25) is 5.78 Å². The molecule has 0 saturated heterocycles. The number of ether oxygens (including phenoxy) is 2. The van der Waals surface area contributed by atoms with Crippen LogP contribution in [-0.2, 0) is 6.54 Å². The van der Waals surface area contributed by atoms with Crippen LogP contribution in [-0.4, -0.2) is 25.0 Å². The number of halogens is 2. The summed E-state index contributed by atoms with van der Waals surface area (Å²) in [5.41, 5.74) is 2.37. The molecule has 140 valence electrons. The maximum atomic E-state index is 12.3. The third-order valence-electron chi connectivity index (χ3n) is 3.94. The normalized spacial score (nSPS) is 10.0. The van der Waals surface area contributed by atoms with Gasteiger partial charge in [-0.3, -0.25) is 4.79 Å². The maximum Gasteiger partial charge on any atom is 0.287 e. The molecule has 27 heavy (non-hydrogen) atoms. The predicted molar refractivity (Wildman–Crippen MR) is 112 cm³/mol. The minimum absolute atomic E-state index is 0. The van der Waals surface area contributed by atoms with Crippen molar-refractivity contribution >= 4 is 38.7 Å². The van der Waals surface area contributed by atoms with E-state index in [9.17, 15) is 4.79 Å². The minimum Gasteiger partial charge on any atom is -0.493 e. The van der Waals surface area contributed by atoms with Gasteiger partial charge in [0.15, 0.2) is 23.7 Å². The van der Waals surface area contributed by atoms with Crippen molar-refractivity contribution in [2.24, 2.45) is 0 Å². The fourth-order valence-electron chi connectivity index (χ4n) is 2.54. The first-order valence-corrected chi connectivity index (χ1v) is 8.76. The molecular weight excluding hydrogens is 476 g/mol. The molecule has 2 aromatic carbocycles. The third-order valence-corrected chi connectivity index (χ3v) is 4.47. The fourth-order valence-corrected chi connectivity index (χ4v) is 2.80. The molecule has 0 atom stereocenters. The monoisotopic (exact) mass is 493 g/mol. The van der Waals surface area contributed by atoms with Gasteiger partial charge in [-0.25, -0.2) is 4.57 Å². The molecule has 0 fully saturated rings. The summed E-state index contributed by atoms with van der Waals surface area (Å²) in [6.07, 6.45) is 3.50. The molecule has 0 saturated carbocycles. The number of Topliss-reactive ketones (excluding diaryl/α,β-unsaturated/α-hetero) is 1. The number of carbonyl (C=O) groups is 1. The van der Waals surface area contributed by atoms with Crippen LogP contribution in [0, 0.1) is 0 Å². The lowest BCUT2D eigenvalue weighted by atomic mass is 10.1. The highest BCUT2D eigenvalue weighted by Crippen LogP contribution is 2.31. The number of carbonyl (C=O) groups excluding carboxylic acids is 1. The van der Waals surface area contributed by atoms with Gasteiger partial charge in [0.1, 0.15) is 0 Å². The van der Waals surface area contributed by atoms with Gasteiger partial charge in [-0.15, -0.1) is 17.0 Å². The zero-order valence-corrected chi connectivity index (χ0v) is 18.2. The van der Waals surface area contributed by atoms with Crippen molar-refractivity contribution in [3.05, 3.63) is 71.1 Å². The predicted octanol–water partition coefficient (Wildman–Crippen LogP) is 4.28. The highest BCUT2D eigenvalue weighted by atomic mass is 79.9. The average molecular weight is 495 g/mol. The molecule has 7 heteroatoms. The molecule has 0 radical (unpaired) electrons. The molecule has 0 aliphatic carbocycles. The number of rotatable bonds is 6. The molecule has 0 spiro atoms. The number of hydrogen-bond acceptors (Lipinski definition) is 4. The Labute approximate surface area is 176 Å². The second-order valence-electron chi connectivity index (χ2n) is 5.62. The van der Waals surface area contributed by atoms with Gasteiger partial charge in [-0.05, 0) is 35.3 Å². The molecule has 3 rings (SSSR count). The zero-order valence-electron chi connectivity index (χ0n) is 14.9. The Hall–Kier alpha value is -2.25. The summed E-state index contributed by atoms with van der Waals surface area (Å²) in [5.74, 6) is 1.35.